The highest BCUT2D eigenvalue weighted by atomic mass is 32.2. The van der Waals surface area contributed by atoms with Gasteiger partial charge in [-0.05, 0) is 110 Å². The molecule has 0 aliphatic carbocycles. The van der Waals surface area contributed by atoms with Crippen LogP contribution >= 0.6 is 11.8 Å². The second-order valence-corrected chi connectivity index (χ2v) is 9.35. The molecule has 1 aliphatic rings. The van der Waals surface area contributed by atoms with Crippen LogP contribution in [0.1, 0.15) is 27.8 Å². The topological polar surface area (TPSA) is 41.9 Å². The van der Waals surface area contributed by atoms with Gasteiger partial charge >= 0.3 is 0 Å². The van der Waals surface area contributed by atoms with Crippen molar-refractivity contribution < 1.29 is 9.53 Å². The Kier molecular flexibility index (Phi) is 7.03. The fraction of sp³-hybridized carbons (Fsp3) is 0.172. The highest BCUT2D eigenvalue weighted by molar-refractivity contribution is 8.19. The van der Waals surface area contributed by atoms with Gasteiger partial charge in [-0.1, -0.05) is 36.4 Å². The molecule has 1 heterocycles. The van der Waals surface area contributed by atoms with Crippen molar-refractivity contribution in [3.8, 4) is 5.75 Å². The summed E-state index contributed by atoms with van der Waals surface area (Å²) in [6, 6.07) is 20.0. The molecule has 34 heavy (non-hydrogen) atoms. The van der Waals surface area contributed by atoms with Crippen LogP contribution < -0.4 is 9.64 Å². The Bertz CT molecular complexity index is 1320. The molecule has 4 rings (SSSR count). The Hall–Kier alpha value is -3.57. The van der Waals surface area contributed by atoms with Gasteiger partial charge in [0.05, 0.1) is 23.4 Å². The number of amides is 1. The van der Waals surface area contributed by atoms with Gasteiger partial charge in [-0.2, -0.15) is 0 Å². The zero-order chi connectivity index (χ0) is 24.2. The van der Waals surface area contributed by atoms with Crippen molar-refractivity contribution in [2.45, 2.75) is 27.7 Å². The molecule has 0 saturated carbocycles. The van der Waals surface area contributed by atoms with E-state index in [1.807, 2.05) is 66.8 Å². The number of thioether (sulfide) groups is 1. The molecular formula is C29H28N2O2S. The van der Waals surface area contributed by atoms with E-state index in [0.717, 1.165) is 28.3 Å². The number of allylic oxidation sites excluding steroid dienone is 2. The molecule has 3 aromatic rings. The summed E-state index contributed by atoms with van der Waals surface area (Å²) in [7, 11) is 1.65. The molecule has 1 aliphatic heterocycles. The Morgan fingerprint density at radius 3 is 2.18 bits per heavy atom. The van der Waals surface area contributed by atoms with Crippen LogP contribution in [0.2, 0.25) is 0 Å². The van der Waals surface area contributed by atoms with Crippen molar-refractivity contribution in [1.29, 1.82) is 0 Å². The van der Waals surface area contributed by atoms with Gasteiger partial charge in [0.2, 0.25) is 0 Å². The number of carbonyl (C=O) groups is 1. The number of methoxy groups -OCH3 is 1. The highest BCUT2D eigenvalue weighted by Gasteiger charge is 2.34. The Morgan fingerprint density at radius 2 is 1.53 bits per heavy atom. The van der Waals surface area contributed by atoms with Crippen LogP contribution in [0.4, 0.5) is 11.4 Å². The number of hydrogen-bond acceptors (Lipinski definition) is 4. The molecule has 0 atom stereocenters. The summed E-state index contributed by atoms with van der Waals surface area (Å²) in [4.78, 5) is 20.7. The largest absolute Gasteiger partial charge is 0.497 e. The van der Waals surface area contributed by atoms with Crippen molar-refractivity contribution in [1.82, 2.24) is 0 Å². The smallest absolute Gasteiger partial charge is 0.271 e. The maximum absolute atomic E-state index is 13.5. The number of aliphatic imine (C=N–C) groups is 1. The molecule has 0 N–H and O–H groups in total. The van der Waals surface area contributed by atoms with Crippen LogP contribution in [-0.2, 0) is 4.79 Å². The highest BCUT2D eigenvalue weighted by Crippen LogP contribution is 2.37. The zero-order valence-electron chi connectivity index (χ0n) is 20.1. The summed E-state index contributed by atoms with van der Waals surface area (Å²) >= 11 is 1.39. The lowest BCUT2D eigenvalue weighted by atomic mass is 10.1. The first-order valence-corrected chi connectivity index (χ1v) is 12.0. The summed E-state index contributed by atoms with van der Waals surface area (Å²) in [5, 5.41) is 0.653. The lowest BCUT2D eigenvalue weighted by molar-refractivity contribution is -0.113. The number of benzene rings is 3. The van der Waals surface area contributed by atoms with Gasteiger partial charge in [-0.25, -0.2) is 4.99 Å². The molecule has 0 spiro atoms. The molecule has 4 nitrogen and oxygen atoms in total. The number of hydrogen-bond donors (Lipinski definition) is 0. The number of ether oxygens (including phenoxy) is 1. The molecule has 0 unspecified atom stereocenters. The van der Waals surface area contributed by atoms with E-state index in [4.69, 9.17) is 9.73 Å². The molecule has 3 aromatic carbocycles. The van der Waals surface area contributed by atoms with E-state index >= 15 is 0 Å². The minimum Gasteiger partial charge on any atom is -0.497 e. The average Bonchev–Trinajstić information content (AvgIpc) is 3.13. The number of amidine groups is 1. The van der Waals surface area contributed by atoms with E-state index in [1.165, 1.54) is 28.5 Å². The van der Waals surface area contributed by atoms with Crippen LogP contribution in [0.5, 0.6) is 5.75 Å². The predicted molar refractivity (Wildman–Crippen MR) is 144 cm³/mol. The normalized spacial score (nSPS) is 16.3. The van der Waals surface area contributed by atoms with Crippen LogP contribution in [0.3, 0.4) is 0 Å². The Balaban J connectivity index is 1.69. The van der Waals surface area contributed by atoms with Crippen LogP contribution in [0.25, 0.3) is 6.08 Å². The third-order valence-electron chi connectivity index (χ3n) is 5.92. The number of rotatable bonds is 5. The fourth-order valence-corrected chi connectivity index (χ4v) is 4.48. The van der Waals surface area contributed by atoms with Gasteiger partial charge in [-0.3, -0.25) is 9.69 Å². The van der Waals surface area contributed by atoms with Gasteiger partial charge in [-0.15, -0.1) is 0 Å². The number of nitrogens with zero attached hydrogens (tertiary/aromatic N) is 2. The third-order valence-corrected chi connectivity index (χ3v) is 6.91. The average molecular weight is 469 g/mol. The second kappa shape index (κ2) is 10.1. The van der Waals surface area contributed by atoms with Gasteiger partial charge < -0.3 is 4.74 Å². The van der Waals surface area contributed by atoms with E-state index in [2.05, 4.69) is 39.8 Å². The van der Waals surface area contributed by atoms with Gasteiger partial charge in [0.25, 0.3) is 5.91 Å². The molecule has 1 amide bonds. The first-order chi connectivity index (χ1) is 16.4. The summed E-state index contributed by atoms with van der Waals surface area (Å²) in [5.74, 6) is 0.739. The maximum atomic E-state index is 13.5. The van der Waals surface area contributed by atoms with Crippen molar-refractivity contribution in [3.05, 3.63) is 106 Å². The monoisotopic (exact) mass is 468 g/mol. The first kappa shape index (κ1) is 23.6. The molecule has 1 fully saturated rings. The first-order valence-electron chi connectivity index (χ1n) is 11.1. The van der Waals surface area contributed by atoms with Crippen molar-refractivity contribution in [3.63, 3.8) is 0 Å². The number of carbonyl (C=O) groups excluding carboxylic acids is 1. The second-order valence-electron chi connectivity index (χ2n) is 8.34. The summed E-state index contributed by atoms with van der Waals surface area (Å²) in [6.45, 7) is 8.28. The van der Waals surface area contributed by atoms with Crippen molar-refractivity contribution in [2.75, 3.05) is 12.0 Å². The van der Waals surface area contributed by atoms with Crippen LogP contribution in [-0.4, -0.2) is 18.2 Å². The summed E-state index contributed by atoms with van der Waals surface area (Å²) in [5.41, 5.74) is 7.41. The van der Waals surface area contributed by atoms with Crippen molar-refractivity contribution in [2.24, 2.45) is 4.99 Å². The third kappa shape index (κ3) is 5.15. The maximum Gasteiger partial charge on any atom is 0.271 e. The van der Waals surface area contributed by atoms with Gasteiger partial charge in [0, 0.05) is 0 Å². The zero-order valence-corrected chi connectivity index (χ0v) is 20.9. The van der Waals surface area contributed by atoms with Crippen molar-refractivity contribution >= 4 is 40.3 Å². The van der Waals surface area contributed by atoms with E-state index in [0.29, 0.717) is 10.1 Å². The van der Waals surface area contributed by atoms with Gasteiger partial charge in [0.15, 0.2) is 5.17 Å². The molecule has 0 aromatic heterocycles. The van der Waals surface area contributed by atoms with Crippen LogP contribution in [0, 0.1) is 27.7 Å². The quantitative estimate of drug-likeness (QED) is 0.369. The Morgan fingerprint density at radius 1 is 0.853 bits per heavy atom. The van der Waals surface area contributed by atoms with E-state index in [-0.39, 0.29) is 5.91 Å². The SMILES string of the molecule is COc1ccc(/C=C/C=C2/SC(=Nc3ccc(C)c(C)c3)N(c3ccc(C)c(C)c3)C2=O)cc1. The minimum absolute atomic E-state index is 0.0739. The lowest BCUT2D eigenvalue weighted by Gasteiger charge is -2.17. The molecule has 0 bridgehead atoms. The standard InChI is InChI=1S/C29H28N2O2S/c1-19-9-13-24(17-21(19)3)30-29-31(25-14-10-20(2)22(4)18-25)28(32)27(34-29)8-6-7-23-11-15-26(33-5)16-12-23/h6-18H,1-5H3/b7-6+,27-8+,30-29?. The Labute approximate surface area is 205 Å². The summed E-state index contributed by atoms with van der Waals surface area (Å²) < 4.78 is 5.21. The predicted octanol–water partition coefficient (Wildman–Crippen LogP) is 7.29. The van der Waals surface area contributed by atoms with E-state index < -0.39 is 0 Å². The number of aryl methyl sites for hydroxylation is 4. The molecule has 1 saturated heterocycles. The lowest BCUT2D eigenvalue weighted by Crippen LogP contribution is -2.28. The van der Waals surface area contributed by atoms with Crippen LogP contribution in [0.15, 0.2) is 82.7 Å². The van der Waals surface area contributed by atoms with E-state index in [9.17, 15) is 4.79 Å². The molecule has 5 heteroatoms. The fourth-order valence-electron chi connectivity index (χ4n) is 3.52. The van der Waals surface area contributed by atoms with E-state index in [1.54, 1.807) is 12.0 Å². The molecule has 172 valence electrons. The molecular weight excluding hydrogens is 440 g/mol. The minimum atomic E-state index is -0.0739. The molecule has 0 radical (unpaired) electrons. The van der Waals surface area contributed by atoms with Gasteiger partial charge in [0.1, 0.15) is 5.75 Å². The number of anilines is 1. The summed E-state index contributed by atoms with van der Waals surface area (Å²) in [6.07, 6.45) is 5.73.